The first kappa shape index (κ1) is 13.8. The van der Waals surface area contributed by atoms with Gasteiger partial charge >= 0.3 is 0 Å². The molecule has 0 fully saturated rings. The van der Waals surface area contributed by atoms with Crippen LogP contribution in [0, 0.1) is 6.92 Å². The second-order valence-electron chi connectivity index (χ2n) is 4.41. The maximum atomic E-state index is 12.3. The van der Waals surface area contributed by atoms with Crippen LogP contribution in [-0.4, -0.2) is 8.42 Å². The predicted octanol–water partition coefficient (Wildman–Crippen LogP) is 3.02. The highest BCUT2D eigenvalue weighted by atomic mass is 32.2. The quantitative estimate of drug-likeness (QED) is 0.915. The van der Waals surface area contributed by atoms with E-state index in [-0.39, 0.29) is 10.9 Å². The van der Waals surface area contributed by atoms with Crippen molar-refractivity contribution in [2.75, 3.05) is 0 Å². The number of nitrogens with one attached hydrogen (secondary N) is 1. The van der Waals surface area contributed by atoms with Crippen molar-refractivity contribution in [3.63, 3.8) is 0 Å². The summed E-state index contributed by atoms with van der Waals surface area (Å²) in [4.78, 5) is 0.267. The van der Waals surface area contributed by atoms with Crippen LogP contribution in [0.5, 0.6) is 0 Å². The molecule has 102 valence electrons. The first-order valence-electron chi connectivity index (χ1n) is 6.15. The molecule has 4 nitrogen and oxygen atoms in total. The molecule has 1 atom stereocenters. The van der Waals surface area contributed by atoms with Gasteiger partial charge in [0.2, 0.25) is 10.0 Å². The maximum Gasteiger partial charge on any atom is 0.241 e. The first-order valence-corrected chi connectivity index (χ1v) is 7.63. The topological polar surface area (TPSA) is 59.3 Å². The van der Waals surface area contributed by atoms with E-state index in [2.05, 4.69) is 4.72 Å². The fourth-order valence-corrected chi connectivity index (χ4v) is 3.09. The monoisotopic (exact) mass is 279 g/mol. The lowest BCUT2D eigenvalue weighted by Crippen LogP contribution is -2.28. The molecule has 0 amide bonds. The maximum absolute atomic E-state index is 12.3. The van der Waals surface area contributed by atoms with Crippen LogP contribution in [0.3, 0.4) is 0 Å². The van der Waals surface area contributed by atoms with E-state index < -0.39 is 10.0 Å². The van der Waals surface area contributed by atoms with Crippen molar-refractivity contribution in [3.05, 3.63) is 54.0 Å². The second kappa shape index (κ2) is 5.59. The molecular weight excluding hydrogens is 262 g/mol. The summed E-state index contributed by atoms with van der Waals surface area (Å²) in [5, 5.41) is 0. The Morgan fingerprint density at radius 1 is 1.21 bits per heavy atom. The summed E-state index contributed by atoms with van der Waals surface area (Å²) >= 11 is 0. The Hall–Kier alpha value is -1.59. The van der Waals surface area contributed by atoms with E-state index in [1.807, 2.05) is 13.8 Å². The zero-order valence-electron chi connectivity index (χ0n) is 11.0. The van der Waals surface area contributed by atoms with Gasteiger partial charge in [-0.2, -0.15) is 0 Å². The van der Waals surface area contributed by atoms with Crippen LogP contribution in [0.25, 0.3) is 0 Å². The van der Waals surface area contributed by atoms with Crippen molar-refractivity contribution < 1.29 is 12.8 Å². The fraction of sp³-hybridized carbons (Fsp3) is 0.286. The molecule has 0 spiro atoms. The van der Waals surface area contributed by atoms with Crippen LogP contribution >= 0.6 is 0 Å². The molecule has 2 aromatic rings. The number of benzene rings is 1. The van der Waals surface area contributed by atoms with Crippen LogP contribution in [0.2, 0.25) is 0 Å². The summed E-state index contributed by atoms with van der Waals surface area (Å²) in [7, 11) is -3.52. The van der Waals surface area contributed by atoms with Gasteiger partial charge in [-0.05, 0) is 37.6 Å². The lowest BCUT2D eigenvalue weighted by Gasteiger charge is -2.15. The highest BCUT2D eigenvalue weighted by Crippen LogP contribution is 2.20. The minimum Gasteiger partial charge on any atom is -0.468 e. The van der Waals surface area contributed by atoms with Gasteiger partial charge in [0.1, 0.15) is 5.76 Å². The highest BCUT2D eigenvalue weighted by Gasteiger charge is 2.21. The Morgan fingerprint density at radius 2 is 1.89 bits per heavy atom. The Kier molecular flexibility index (Phi) is 4.07. The third kappa shape index (κ3) is 3.24. The SMILES string of the molecule is CCC(NS(=O)(=O)c1ccc(C)cc1)c1ccco1. The van der Waals surface area contributed by atoms with Gasteiger partial charge < -0.3 is 4.42 Å². The molecule has 1 aromatic heterocycles. The molecule has 19 heavy (non-hydrogen) atoms. The summed E-state index contributed by atoms with van der Waals surface area (Å²) in [5.74, 6) is 0.623. The lowest BCUT2D eigenvalue weighted by atomic mass is 10.2. The standard InChI is InChI=1S/C14H17NO3S/c1-3-13(14-5-4-10-18-14)15-19(16,17)12-8-6-11(2)7-9-12/h4-10,13,15H,3H2,1-2H3. The fourth-order valence-electron chi connectivity index (χ4n) is 1.80. The van der Waals surface area contributed by atoms with Crippen LogP contribution in [0.4, 0.5) is 0 Å². The molecule has 2 rings (SSSR count). The van der Waals surface area contributed by atoms with Crippen molar-refractivity contribution in [2.45, 2.75) is 31.2 Å². The van der Waals surface area contributed by atoms with Gasteiger partial charge in [-0.15, -0.1) is 0 Å². The number of rotatable bonds is 5. The first-order chi connectivity index (χ1) is 9.03. The number of hydrogen-bond acceptors (Lipinski definition) is 3. The number of aryl methyl sites for hydroxylation is 1. The molecule has 0 radical (unpaired) electrons. The van der Waals surface area contributed by atoms with Gasteiger partial charge in [0.15, 0.2) is 0 Å². The van der Waals surface area contributed by atoms with E-state index in [0.29, 0.717) is 12.2 Å². The summed E-state index contributed by atoms with van der Waals surface area (Å²) in [5.41, 5.74) is 1.03. The van der Waals surface area contributed by atoms with Crippen molar-refractivity contribution in [1.82, 2.24) is 4.72 Å². The number of hydrogen-bond donors (Lipinski definition) is 1. The van der Waals surface area contributed by atoms with Gasteiger partial charge in [-0.1, -0.05) is 24.6 Å². The third-order valence-corrected chi connectivity index (χ3v) is 4.41. The molecule has 1 heterocycles. The molecule has 0 aliphatic rings. The number of sulfonamides is 1. The minimum absolute atomic E-state index is 0.267. The van der Waals surface area contributed by atoms with Crippen LogP contribution < -0.4 is 4.72 Å². The molecule has 0 aliphatic heterocycles. The van der Waals surface area contributed by atoms with Crippen LogP contribution in [0.15, 0.2) is 52.0 Å². The summed E-state index contributed by atoms with van der Waals surface area (Å²) in [6.07, 6.45) is 2.16. The van der Waals surface area contributed by atoms with Gasteiger partial charge in [-0.25, -0.2) is 13.1 Å². The normalized spacial score (nSPS) is 13.4. The van der Waals surface area contributed by atoms with Crippen molar-refractivity contribution >= 4 is 10.0 Å². The summed E-state index contributed by atoms with van der Waals surface area (Å²) in [6.45, 7) is 3.83. The molecule has 1 aromatic carbocycles. The Morgan fingerprint density at radius 3 is 2.42 bits per heavy atom. The Balaban J connectivity index is 2.23. The van der Waals surface area contributed by atoms with Gasteiger partial charge in [0.05, 0.1) is 17.2 Å². The van der Waals surface area contributed by atoms with Gasteiger partial charge in [-0.3, -0.25) is 0 Å². The molecule has 0 aliphatic carbocycles. The number of furan rings is 1. The zero-order chi connectivity index (χ0) is 13.9. The van der Waals surface area contributed by atoms with E-state index >= 15 is 0 Å². The molecule has 5 heteroatoms. The summed E-state index contributed by atoms with van der Waals surface area (Å²) in [6, 6.07) is 9.94. The average Bonchev–Trinajstić information content (AvgIpc) is 2.90. The summed E-state index contributed by atoms with van der Waals surface area (Å²) < 4.78 is 32.4. The van der Waals surface area contributed by atoms with Crippen molar-refractivity contribution in [3.8, 4) is 0 Å². The minimum atomic E-state index is -3.52. The lowest BCUT2D eigenvalue weighted by molar-refractivity contribution is 0.437. The molecule has 0 saturated heterocycles. The molecule has 0 bridgehead atoms. The smallest absolute Gasteiger partial charge is 0.241 e. The molecule has 1 unspecified atom stereocenters. The molecule has 0 saturated carbocycles. The zero-order valence-corrected chi connectivity index (χ0v) is 11.8. The third-order valence-electron chi connectivity index (χ3n) is 2.92. The predicted molar refractivity (Wildman–Crippen MR) is 73.2 cm³/mol. The highest BCUT2D eigenvalue weighted by molar-refractivity contribution is 7.89. The second-order valence-corrected chi connectivity index (χ2v) is 6.12. The van der Waals surface area contributed by atoms with Gasteiger partial charge in [0.25, 0.3) is 0 Å². The van der Waals surface area contributed by atoms with Crippen LogP contribution in [0.1, 0.15) is 30.7 Å². The van der Waals surface area contributed by atoms with E-state index in [0.717, 1.165) is 5.56 Å². The average molecular weight is 279 g/mol. The Labute approximate surface area is 113 Å². The van der Waals surface area contributed by atoms with Crippen LogP contribution in [-0.2, 0) is 10.0 Å². The van der Waals surface area contributed by atoms with E-state index in [9.17, 15) is 8.42 Å². The molecular formula is C14H17NO3S. The Bertz CT molecular complexity index is 615. The van der Waals surface area contributed by atoms with Crippen molar-refractivity contribution in [1.29, 1.82) is 0 Å². The van der Waals surface area contributed by atoms with Crippen molar-refractivity contribution in [2.24, 2.45) is 0 Å². The van der Waals surface area contributed by atoms with E-state index in [1.165, 1.54) is 6.26 Å². The van der Waals surface area contributed by atoms with E-state index in [4.69, 9.17) is 4.42 Å². The van der Waals surface area contributed by atoms with E-state index in [1.54, 1.807) is 36.4 Å². The molecule has 1 N–H and O–H groups in total. The van der Waals surface area contributed by atoms with Gasteiger partial charge in [0, 0.05) is 0 Å². The largest absolute Gasteiger partial charge is 0.468 e.